The molecule has 0 aromatic heterocycles. The summed E-state index contributed by atoms with van der Waals surface area (Å²) < 4.78 is 0. The summed E-state index contributed by atoms with van der Waals surface area (Å²) in [4.78, 5) is 25.1. The molecule has 2 fully saturated rings. The zero-order valence-corrected chi connectivity index (χ0v) is 11.6. The minimum atomic E-state index is -0.235. The fourth-order valence-corrected chi connectivity index (χ4v) is 3.23. The van der Waals surface area contributed by atoms with Crippen LogP contribution in [0.25, 0.3) is 0 Å². The molecule has 5 nitrogen and oxygen atoms in total. The highest BCUT2D eigenvalue weighted by Gasteiger charge is 2.39. The lowest BCUT2D eigenvalue weighted by atomic mass is 9.66. The van der Waals surface area contributed by atoms with Gasteiger partial charge in [0.2, 0.25) is 11.8 Å². The topological polar surface area (TPSA) is 89.4 Å². The summed E-state index contributed by atoms with van der Waals surface area (Å²) in [7, 11) is 0. The van der Waals surface area contributed by atoms with Gasteiger partial charge in [0.25, 0.3) is 0 Å². The van der Waals surface area contributed by atoms with Crippen LogP contribution in [0.4, 0.5) is 0 Å². The molecule has 0 atom stereocenters. The Bertz CT molecular complexity index is 339. The average Bonchev–Trinajstić information content (AvgIpc) is 2.34. The molecule has 0 unspecified atom stereocenters. The van der Waals surface area contributed by atoms with Crippen LogP contribution < -0.4 is 11.5 Å². The van der Waals surface area contributed by atoms with Crippen molar-refractivity contribution in [1.82, 2.24) is 4.90 Å². The van der Waals surface area contributed by atoms with Crippen molar-refractivity contribution in [2.24, 2.45) is 22.8 Å². The quantitative estimate of drug-likeness (QED) is 0.765. The number of piperidine rings is 1. The lowest BCUT2D eigenvalue weighted by Gasteiger charge is -2.42. The number of hydrogen-bond donors (Lipinski definition) is 2. The van der Waals surface area contributed by atoms with E-state index in [9.17, 15) is 9.59 Å². The lowest BCUT2D eigenvalue weighted by Crippen LogP contribution is -2.45. The molecule has 0 aromatic rings. The fourth-order valence-electron chi connectivity index (χ4n) is 3.23. The maximum atomic E-state index is 12.3. The first-order valence-electron chi connectivity index (χ1n) is 7.31. The number of rotatable bonds is 5. The highest BCUT2D eigenvalue weighted by Crippen LogP contribution is 2.43. The van der Waals surface area contributed by atoms with Gasteiger partial charge >= 0.3 is 0 Å². The molecular weight excluding hydrogens is 242 g/mol. The summed E-state index contributed by atoms with van der Waals surface area (Å²) in [6.45, 7) is 2.14. The normalized spacial score (nSPS) is 22.9. The first-order valence-corrected chi connectivity index (χ1v) is 7.31. The van der Waals surface area contributed by atoms with Crippen LogP contribution in [0.2, 0.25) is 0 Å². The zero-order valence-electron chi connectivity index (χ0n) is 11.6. The van der Waals surface area contributed by atoms with Crippen molar-refractivity contribution in [3.63, 3.8) is 0 Å². The van der Waals surface area contributed by atoms with Gasteiger partial charge in [-0.15, -0.1) is 0 Å². The maximum absolute atomic E-state index is 12.3. The van der Waals surface area contributed by atoms with Crippen LogP contribution in [0.15, 0.2) is 0 Å². The molecule has 2 amide bonds. The molecule has 0 bridgehead atoms. The second kappa shape index (κ2) is 5.90. The lowest BCUT2D eigenvalue weighted by molar-refractivity contribution is -0.136. The molecule has 0 spiro atoms. The molecule has 1 heterocycles. The average molecular weight is 267 g/mol. The number of primary amides is 1. The molecule has 2 aliphatic rings. The van der Waals surface area contributed by atoms with Crippen LogP contribution in [0.1, 0.15) is 44.9 Å². The van der Waals surface area contributed by atoms with Crippen LogP contribution in [0.5, 0.6) is 0 Å². The van der Waals surface area contributed by atoms with E-state index in [1.54, 1.807) is 0 Å². The van der Waals surface area contributed by atoms with Gasteiger partial charge in [-0.2, -0.15) is 0 Å². The number of nitrogens with two attached hydrogens (primary N) is 2. The number of nitrogens with zero attached hydrogens (tertiary/aromatic N) is 1. The first-order chi connectivity index (χ1) is 9.04. The van der Waals surface area contributed by atoms with E-state index < -0.39 is 0 Å². The SMILES string of the molecule is NCC1(CC(=O)N2CCC(CC(N)=O)CC2)CCC1. The Balaban J connectivity index is 1.77. The van der Waals surface area contributed by atoms with Crippen molar-refractivity contribution < 1.29 is 9.59 Å². The number of carbonyl (C=O) groups is 2. The molecule has 108 valence electrons. The van der Waals surface area contributed by atoms with Gasteiger partial charge in [0, 0.05) is 25.9 Å². The third-order valence-electron chi connectivity index (χ3n) is 4.83. The summed E-state index contributed by atoms with van der Waals surface area (Å²) in [6.07, 6.45) is 6.22. The molecule has 2 rings (SSSR count). The summed E-state index contributed by atoms with van der Waals surface area (Å²) in [5, 5.41) is 0. The van der Waals surface area contributed by atoms with Crippen molar-refractivity contribution in [3.8, 4) is 0 Å². The van der Waals surface area contributed by atoms with Crippen molar-refractivity contribution in [2.45, 2.75) is 44.9 Å². The molecule has 1 aliphatic heterocycles. The second-order valence-electron chi connectivity index (χ2n) is 6.23. The van der Waals surface area contributed by atoms with E-state index in [0.717, 1.165) is 38.8 Å². The molecular formula is C14H25N3O2. The molecule has 19 heavy (non-hydrogen) atoms. The van der Waals surface area contributed by atoms with E-state index in [-0.39, 0.29) is 17.2 Å². The third kappa shape index (κ3) is 3.47. The molecule has 1 saturated heterocycles. The molecule has 4 N–H and O–H groups in total. The van der Waals surface area contributed by atoms with Crippen LogP contribution in [0.3, 0.4) is 0 Å². The minimum Gasteiger partial charge on any atom is -0.370 e. The van der Waals surface area contributed by atoms with Crippen LogP contribution in [-0.4, -0.2) is 36.3 Å². The summed E-state index contributed by atoms with van der Waals surface area (Å²) in [5.74, 6) is 0.359. The molecule has 1 saturated carbocycles. The van der Waals surface area contributed by atoms with Crippen LogP contribution in [0, 0.1) is 11.3 Å². The summed E-state index contributed by atoms with van der Waals surface area (Å²) in [5.41, 5.74) is 11.1. The Morgan fingerprint density at radius 2 is 1.84 bits per heavy atom. The first kappa shape index (κ1) is 14.3. The Kier molecular flexibility index (Phi) is 4.45. The van der Waals surface area contributed by atoms with Crippen molar-refractivity contribution in [2.75, 3.05) is 19.6 Å². The fraction of sp³-hybridized carbons (Fsp3) is 0.857. The van der Waals surface area contributed by atoms with Crippen molar-refractivity contribution >= 4 is 11.8 Å². The molecule has 0 radical (unpaired) electrons. The Hall–Kier alpha value is -1.10. The predicted molar refractivity (Wildman–Crippen MR) is 73.1 cm³/mol. The molecule has 5 heteroatoms. The number of carbonyl (C=O) groups excluding carboxylic acids is 2. The van der Waals surface area contributed by atoms with Gasteiger partial charge in [0.15, 0.2) is 0 Å². The monoisotopic (exact) mass is 267 g/mol. The van der Waals surface area contributed by atoms with Gasteiger partial charge in [-0.3, -0.25) is 9.59 Å². The zero-order chi connectivity index (χ0) is 13.9. The van der Waals surface area contributed by atoms with Crippen LogP contribution >= 0.6 is 0 Å². The van der Waals surface area contributed by atoms with Gasteiger partial charge in [-0.1, -0.05) is 6.42 Å². The van der Waals surface area contributed by atoms with Gasteiger partial charge in [-0.05, 0) is 43.6 Å². The van der Waals surface area contributed by atoms with Crippen molar-refractivity contribution in [1.29, 1.82) is 0 Å². The highest BCUT2D eigenvalue weighted by atomic mass is 16.2. The number of hydrogen-bond acceptors (Lipinski definition) is 3. The predicted octanol–water partition coefficient (Wildman–Crippen LogP) is 0.619. The van der Waals surface area contributed by atoms with E-state index >= 15 is 0 Å². The molecule has 1 aliphatic carbocycles. The Labute approximate surface area is 114 Å². The summed E-state index contributed by atoms with van der Waals surface area (Å²) in [6, 6.07) is 0. The smallest absolute Gasteiger partial charge is 0.223 e. The van der Waals surface area contributed by atoms with Gasteiger partial charge in [0.05, 0.1) is 0 Å². The van der Waals surface area contributed by atoms with Gasteiger partial charge in [-0.25, -0.2) is 0 Å². The van der Waals surface area contributed by atoms with Gasteiger partial charge in [0.1, 0.15) is 0 Å². The van der Waals surface area contributed by atoms with E-state index in [0.29, 0.717) is 25.3 Å². The van der Waals surface area contributed by atoms with Gasteiger partial charge < -0.3 is 16.4 Å². The minimum absolute atomic E-state index is 0.0845. The Morgan fingerprint density at radius 1 is 1.21 bits per heavy atom. The summed E-state index contributed by atoms with van der Waals surface area (Å²) >= 11 is 0. The van der Waals surface area contributed by atoms with E-state index in [4.69, 9.17) is 11.5 Å². The van der Waals surface area contributed by atoms with Crippen molar-refractivity contribution in [3.05, 3.63) is 0 Å². The van der Waals surface area contributed by atoms with E-state index in [1.165, 1.54) is 6.42 Å². The van der Waals surface area contributed by atoms with E-state index in [1.807, 2.05) is 4.90 Å². The highest BCUT2D eigenvalue weighted by molar-refractivity contribution is 5.77. The third-order valence-corrected chi connectivity index (χ3v) is 4.83. The van der Waals surface area contributed by atoms with E-state index in [2.05, 4.69) is 0 Å². The largest absolute Gasteiger partial charge is 0.370 e. The van der Waals surface area contributed by atoms with Crippen LogP contribution in [-0.2, 0) is 9.59 Å². The maximum Gasteiger partial charge on any atom is 0.223 e. The Morgan fingerprint density at radius 3 is 2.26 bits per heavy atom. The molecule has 0 aromatic carbocycles. The number of amides is 2. The standard InChI is InChI=1S/C14H25N3O2/c15-10-14(4-1-5-14)9-13(19)17-6-2-11(3-7-17)8-12(16)18/h11H,1-10,15H2,(H2,16,18). The number of likely N-dealkylation sites (tertiary alicyclic amines) is 1. The second-order valence-corrected chi connectivity index (χ2v) is 6.23.